The van der Waals surface area contributed by atoms with Crippen LogP contribution in [0.5, 0.6) is 0 Å². The Morgan fingerprint density at radius 2 is 2.08 bits per heavy atom. The molecule has 4 heterocycles. The highest BCUT2D eigenvalue weighted by Crippen LogP contribution is 2.27. The molecule has 0 spiro atoms. The van der Waals surface area contributed by atoms with Crippen LogP contribution in [0.2, 0.25) is 0 Å². The zero-order chi connectivity index (χ0) is 17.9. The number of carbonyl (C=O) groups is 1. The van der Waals surface area contributed by atoms with E-state index in [1.807, 2.05) is 40.9 Å². The first kappa shape index (κ1) is 16.8. The topological polar surface area (TPSA) is 56.1 Å². The zero-order valence-electron chi connectivity index (χ0n) is 14.7. The summed E-state index contributed by atoms with van der Waals surface area (Å²) in [4.78, 5) is 19.2. The van der Waals surface area contributed by atoms with E-state index in [2.05, 4.69) is 16.0 Å². The number of carbonyl (C=O) groups excluding carboxylic acids is 1. The first-order valence-electron chi connectivity index (χ1n) is 8.70. The number of morpholine rings is 1. The monoisotopic (exact) mass is 351 g/mol. The van der Waals surface area contributed by atoms with Crippen molar-refractivity contribution < 1.29 is 14.3 Å². The summed E-state index contributed by atoms with van der Waals surface area (Å²) in [5, 5.41) is 0. The number of rotatable bonds is 4. The number of methoxy groups -OCH3 is 1. The van der Waals surface area contributed by atoms with Gasteiger partial charge in [0.05, 0.1) is 37.3 Å². The van der Waals surface area contributed by atoms with Crippen molar-refractivity contribution in [1.29, 1.82) is 0 Å². The van der Waals surface area contributed by atoms with Gasteiger partial charge >= 0.3 is 5.97 Å². The number of pyridine rings is 2. The van der Waals surface area contributed by atoms with Gasteiger partial charge in [-0.3, -0.25) is 9.88 Å². The lowest BCUT2D eigenvalue weighted by molar-refractivity contribution is 0.0342. The van der Waals surface area contributed by atoms with Crippen molar-refractivity contribution in [3.8, 4) is 11.4 Å². The van der Waals surface area contributed by atoms with Crippen molar-refractivity contribution in [2.75, 3.05) is 33.4 Å². The predicted octanol–water partition coefficient (Wildman–Crippen LogP) is 2.62. The van der Waals surface area contributed by atoms with E-state index in [9.17, 15) is 4.79 Å². The van der Waals surface area contributed by atoms with Gasteiger partial charge in [0.2, 0.25) is 0 Å². The van der Waals surface area contributed by atoms with Crippen molar-refractivity contribution in [3.05, 3.63) is 59.9 Å². The van der Waals surface area contributed by atoms with E-state index in [0.717, 1.165) is 49.8 Å². The molecule has 0 radical (unpaired) electrons. The number of fused-ring (bicyclic) bond motifs is 1. The summed E-state index contributed by atoms with van der Waals surface area (Å²) in [7, 11) is 1.40. The Kier molecular flexibility index (Phi) is 4.69. The number of hydrogen-bond donors (Lipinski definition) is 0. The third-order valence-corrected chi connectivity index (χ3v) is 4.66. The molecule has 0 unspecified atom stereocenters. The number of ether oxygens (including phenoxy) is 2. The lowest BCUT2D eigenvalue weighted by atomic mass is 10.1. The van der Waals surface area contributed by atoms with Crippen LogP contribution >= 0.6 is 0 Å². The first-order valence-corrected chi connectivity index (χ1v) is 8.70. The van der Waals surface area contributed by atoms with Gasteiger partial charge in [-0.15, -0.1) is 0 Å². The lowest BCUT2D eigenvalue weighted by Crippen LogP contribution is -2.35. The maximum atomic E-state index is 12.3. The molecular weight excluding hydrogens is 330 g/mol. The number of hydrogen-bond acceptors (Lipinski definition) is 5. The van der Waals surface area contributed by atoms with Gasteiger partial charge in [0.1, 0.15) is 0 Å². The lowest BCUT2D eigenvalue weighted by Gasteiger charge is -2.26. The number of nitrogens with zero attached hydrogens (tertiary/aromatic N) is 3. The molecule has 134 valence electrons. The summed E-state index contributed by atoms with van der Waals surface area (Å²) in [6.07, 6.45) is 3.74. The van der Waals surface area contributed by atoms with Gasteiger partial charge in [-0.25, -0.2) is 4.79 Å². The maximum absolute atomic E-state index is 12.3. The molecule has 0 aliphatic carbocycles. The van der Waals surface area contributed by atoms with Gasteiger partial charge < -0.3 is 13.9 Å². The summed E-state index contributed by atoms with van der Waals surface area (Å²) in [5.41, 5.74) is 4.15. The third kappa shape index (κ3) is 3.21. The molecule has 1 aliphatic heterocycles. The van der Waals surface area contributed by atoms with Crippen molar-refractivity contribution in [1.82, 2.24) is 14.3 Å². The second-order valence-corrected chi connectivity index (χ2v) is 6.33. The van der Waals surface area contributed by atoms with Crippen molar-refractivity contribution in [2.24, 2.45) is 0 Å². The minimum atomic E-state index is -0.357. The van der Waals surface area contributed by atoms with E-state index in [1.54, 1.807) is 6.20 Å². The average Bonchev–Trinajstić information content (AvgIpc) is 3.08. The summed E-state index contributed by atoms with van der Waals surface area (Å²) in [5.74, 6) is -0.357. The average molecular weight is 351 g/mol. The van der Waals surface area contributed by atoms with Crippen LogP contribution in [0, 0.1) is 0 Å². The van der Waals surface area contributed by atoms with Gasteiger partial charge in [-0.2, -0.15) is 0 Å². The molecule has 1 aliphatic rings. The Bertz CT molecular complexity index is 929. The fraction of sp³-hybridized carbons (Fsp3) is 0.300. The molecule has 0 N–H and O–H groups in total. The molecule has 3 aromatic rings. The number of esters is 1. The fourth-order valence-corrected chi connectivity index (χ4v) is 3.37. The smallest absolute Gasteiger partial charge is 0.340 e. The zero-order valence-corrected chi connectivity index (χ0v) is 14.7. The second-order valence-electron chi connectivity index (χ2n) is 6.33. The SMILES string of the molecule is COC(=O)c1cc2ccccn2c1-c1cc(CN2CCOCC2)ccn1. The molecule has 0 atom stereocenters. The van der Waals surface area contributed by atoms with Crippen LogP contribution in [0.15, 0.2) is 48.8 Å². The summed E-state index contributed by atoms with van der Waals surface area (Å²) in [6, 6.07) is 11.8. The Morgan fingerprint density at radius 3 is 2.88 bits per heavy atom. The molecule has 0 saturated carbocycles. The largest absolute Gasteiger partial charge is 0.465 e. The molecule has 26 heavy (non-hydrogen) atoms. The predicted molar refractivity (Wildman–Crippen MR) is 98.1 cm³/mol. The van der Waals surface area contributed by atoms with Crippen LogP contribution in [0.1, 0.15) is 15.9 Å². The first-order chi connectivity index (χ1) is 12.8. The Balaban J connectivity index is 1.75. The van der Waals surface area contributed by atoms with Gasteiger partial charge in [-0.05, 0) is 35.9 Å². The van der Waals surface area contributed by atoms with Crippen molar-refractivity contribution >= 4 is 11.5 Å². The second kappa shape index (κ2) is 7.27. The van der Waals surface area contributed by atoms with Gasteiger partial charge in [0, 0.05) is 37.5 Å². The van der Waals surface area contributed by atoms with E-state index in [1.165, 1.54) is 12.7 Å². The van der Waals surface area contributed by atoms with E-state index in [0.29, 0.717) is 5.56 Å². The van der Waals surface area contributed by atoms with Gasteiger partial charge in [0.15, 0.2) is 0 Å². The summed E-state index contributed by atoms with van der Waals surface area (Å²) < 4.78 is 12.4. The fourth-order valence-electron chi connectivity index (χ4n) is 3.37. The van der Waals surface area contributed by atoms with Gasteiger partial charge in [-0.1, -0.05) is 6.07 Å². The minimum absolute atomic E-state index is 0.357. The molecule has 0 amide bonds. The van der Waals surface area contributed by atoms with Crippen LogP contribution in [0.3, 0.4) is 0 Å². The molecule has 6 nitrogen and oxygen atoms in total. The van der Waals surface area contributed by atoms with Crippen molar-refractivity contribution in [2.45, 2.75) is 6.54 Å². The molecular formula is C20H21N3O3. The van der Waals surface area contributed by atoms with Gasteiger partial charge in [0.25, 0.3) is 0 Å². The van der Waals surface area contributed by atoms with Crippen LogP contribution < -0.4 is 0 Å². The summed E-state index contributed by atoms with van der Waals surface area (Å²) >= 11 is 0. The highest BCUT2D eigenvalue weighted by Gasteiger charge is 2.20. The summed E-state index contributed by atoms with van der Waals surface area (Å²) in [6.45, 7) is 4.25. The number of aromatic nitrogens is 2. The Hall–Kier alpha value is -2.70. The molecule has 4 rings (SSSR count). The van der Waals surface area contributed by atoms with E-state index >= 15 is 0 Å². The van der Waals surface area contributed by atoms with Crippen molar-refractivity contribution in [3.63, 3.8) is 0 Å². The third-order valence-electron chi connectivity index (χ3n) is 4.66. The minimum Gasteiger partial charge on any atom is -0.465 e. The molecule has 1 saturated heterocycles. The molecule has 0 aromatic carbocycles. The molecule has 6 heteroatoms. The molecule has 1 fully saturated rings. The normalized spacial score (nSPS) is 15.3. The quantitative estimate of drug-likeness (QED) is 0.677. The van der Waals surface area contributed by atoms with E-state index in [4.69, 9.17) is 9.47 Å². The van der Waals surface area contributed by atoms with Crippen LogP contribution in [-0.4, -0.2) is 53.7 Å². The van der Waals surface area contributed by atoms with E-state index < -0.39 is 0 Å². The van der Waals surface area contributed by atoms with Crippen LogP contribution in [0.25, 0.3) is 16.9 Å². The Labute approximate surface area is 152 Å². The maximum Gasteiger partial charge on any atom is 0.340 e. The highest BCUT2D eigenvalue weighted by molar-refractivity contribution is 5.98. The molecule has 0 bridgehead atoms. The standard InChI is InChI=1S/C20H21N3O3/c1-25-20(24)17-13-16-4-2-3-7-23(16)19(17)18-12-15(5-6-21-18)14-22-8-10-26-11-9-22/h2-7,12-13H,8-11,14H2,1H3. The Morgan fingerprint density at radius 1 is 1.23 bits per heavy atom. The van der Waals surface area contributed by atoms with Crippen LogP contribution in [0.4, 0.5) is 0 Å². The van der Waals surface area contributed by atoms with Crippen LogP contribution in [-0.2, 0) is 16.0 Å². The molecule has 3 aromatic heterocycles. The van der Waals surface area contributed by atoms with E-state index in [-0.39, 0.29) is 5.97 Å². The highest BCUT2D eigenvalue weighted by atomic mass is 16.5.